The molecule has 0 radical (unpaired) electrons. The minimum Gasteiger partial charge on any atom is -1.00 e. The van der Waals surface area contributed by atoms with Gasteiger partial charge in [0, 0.05) is 11.1 Å². The molecule has 94 valence electrons. The summed E-state index contributed by atoms with van der Waals surface area (Å²) in [6.07, 6.45) is 0. The van der Waals surface area contributed by atoms with Crippen LogP contribution in [0.25, 0.3) is 0 Å². The minimum atomic E-state index is -0.185. The Kier molecular flexibility index (Phi) is 10.9. The second-order valence-electron chi connectivity index (χ2n) is 3.34. The molecule has 2 aromatic carbocycles. The SMILES string of the molecule is O=C(S)c1ccccc1.O=C(S)c1ccccc1.[H-].[K+]. The van der Waals surface area contributed by atoms with Crippen LogP contribution in [0, 0.1) is 0 Å². The molecule has 0 unspecified atom stereocenters. The zero-order valence-electron chi connectivity index (χ0n) is 11.5. The number of carbonyl (C=O) groups excluding carboxylic acids is 2. The van der Waals surface area contributed by atoms with Crippen LogP contribution in [0.5, 0.6) is 0 Å². The number of thiol groups is 2. The predicted molar refractivity (Wildman–Crippen MR) is 80.6 cm³/mol. The average Bonchev–Trinajstić information content (AvgIpc) is 2.41. The summed E-state index contributed by atoms with van der Waals surface area (Å²) in [4.78, 5) is 21.0. The molecule has 19 heavy (non-hydrogen) atoms. The van der Waals surface area contributed by atoms with Crippen LogP contribution in [-0.4, -0.2) is 10.2 Å². The van der Waals surface area contributed by atoms with E-state index in [2.05, 4.69) is 25.3 Å². The monoisotopic (exact) mass is 316 g/mol. The number of carbonyl (C=O) groups is 2. The zero-order chi connectivity index (χ0) is 13.4. The summed E-state index contributed by atoms with van der Waals surface area (Å²) in [5, 5.41) is -0.369. The zero-order valence-corrected chi connectivity index (χ0v) is 15.4. The first-order chi connectivity index (χ1) is 8.61. The van der Waals surface area contributed by atoms with Crippen molar-refractivity contribution in [3.05, 3.63) is 71.8 Å². The molecule has 0 atom stereocenters. The van der Waals surface area contributed by atoms with E-state index >= 15 is 0 Å². The van der Waals surface area contributed by atoms with Gasteiger partial charge in [-0.1, -0.05) is 60.7 Å². The first-order valence-electron chi connectivity index (χ1n) is 5.18. The minimum absolute atomic E-state index is 0. The van der Waals surface area contributed by atoms with E-state index in [1.807, 2.05) is 36.4 Å². The van der Waals surface area contributed by atoms with E-state index in [-0.39, 0.29) is 63.0 Å². The summed E-state index contributed by atoms with van der Waals surface area (Å²) < 4.78 is 0. The Morgan fingerprint density at radius 1 is 0.684 bits per heavy atom. The van der Waals surface area contributed by atoms with Gasteiger partial charge in [-0.15, -0.1) is 25.3 Å². The molecular formula is C14H13KO2S2. The molecule has 0 aliphatic rings. The molecule has 0 saturated heterocycles. The largest absolute Gasteiger partial charge is 1.00 e. The third-order valence-corrected chi connectivity index (χ3v) is 2.56. The van der Waals surface area contributed by atoms with Crippen molar-refractivity contribution >= 4 is 35.5 Å². The molecule has 0 spiro atoms. The second-order valence-corrected chi connectivity index (χ2v) is 4.15. The van der Waals surface area contributed by atoms with Crippen LogP contribution in [0.1, 0.15) is 22.1 Å². The number of hydrogen-bond donors (Lipinski definition) is 2. The number of rotatable bonds is 2. The summed E-state index contributed by atoms with van der Waals surface area (Å²) in [7, 11) is 0. The molecule has 0 N–H and O–H groups in total. The summed E-state index contributed by atoms with van der Waals surface area (Å²) in [6.45, 7) is 0. The van der Waals surface area contributed by atoms with Crippen LogP contribution < -0.4 is 51.4 Å². The molecule has 0 fully saturated rings. The quantitative estimate of drug-likeness (QED) is 0.629. The van der Waals surface area contributed by atoms with Gasteiger partial charge in [0.05, 0.1) is 0 Å². The Balaban J connectivity index is 0. The van der Waals surface area contributed by atoms with Gasteiger partial charge >= 0.3 is 51.4 Å². The molecular weight excluding hydrogens is 303 g/mol. The van der Waals surface area contributed by atoms with Gasteiger partial charge in [-0.2, -0.15) is 0 Å². The maximum absolute atomic E-state index is 10.5. The normalized spacial score (nSPS) is 8.53. The van der Waals surface area contributed by atoms with Crippen LogP contribution in [0.2, 0.25) is 0 Å². The Labute approximate surface area is 167 Å². The molecule has 5 heteroatoms. The first kappa shape index (κ1) is 19.1. The molecule has 0 amide bonds. The molecule has 0 aliphatic heterocycles. The van der Waals surface area contributed by atoms with Gasteiger partial charge in [0.2, 0.25) is 10.2 Å². The maximum atomic E-state index is 10.5. The molecule has 2 nitrogen and oxygen atoms in total. The van der Waals surface area contributed by atoms with E-state index in [1.165, 1.54) is 0 Å². The van der Waals surface area contributed by atoms with Crippen LogP contribution >= 0.6 is 25.3 Å². The number of hydrogen-bond acceptors (Lipinski definition) is 2. The summed E-state index contributed by atoms with van der Waals surface area (Å²) >= 11 is 7.30. The van der Waals surface area contributed by atoms with E-state index in [1.54, 1.807) is 24.3 Å². The van der Waals surface area contributed by atoms with Crippen molar-refractivity contribution in [3.8, 4) is 0 Å². The fourth-order valence-corrected chi connectivity index (χ4v) is 1.46. The van der Waals surface area contributed by atoms with Gasteiger partial charge < -0.3 is 1.43 Å². The summed E-state index contributed by atoms with van der Waals surface area (Å²) in [5.74, 6) is 0. The van der Waals surface area contributed by atoms with E-state index < -0.39 is 0 Å². The smallest absolute Gasteiger partial charge is 1.00 e. The predicted octanol–water partition coefficient (Wildman–Crippen LogP) is 0.630. The van der Waals surface area contributed by atoms with Crippen LogP contribution in [0.3, 0.4) is 0 Å². The van der Waals surface area contributed by atoms with Gasteiger partial charge in [0.25, 0.3) is 0 Å². The standard InChI is InChI=1S/2C7H6OS.K.H/c2*8-7(9)6-4-2-1-3-5-6;;/h2*1-5H,(H,8,9);;/q;;+1;-1. The third kappa shape index (κ3) is 8.09. The van der Waals surface area contributed by atoms with Gasteiger partial charge in [-0.05, 0) is 0 Å². The molecule has 0 bridgehead atoms. The Hall–Kier alpha value is 0.116. The topological polar surface area (TPSA) is 34.1 Å². The van der Waals surface area contributed by atoms with Crippen LogP contribution in [0.4, 0.5) is 0 Å². The fourth-order valence-electron chi connectivity index (χ4n) is 1.16. The maximum Gasteiger partial charge on any atom is 1.00 e. The number of benzene rings is 2. The Morgan fingerprint density at radius 2 is 0.947 bits per heavy atom. The van der Waals surface area contributed by atoms with Crippen molar-refractivity contribution in [2.75, 3.05) is 0 Å². The van der Waals surface area contributed by atoms with E-state index in [4.69, 9.17) is 0 Å². The Bertz CT molecular complexity index is 472. The van der Waals surface area contributed by atoms with Gasteiger partial charge in [0.1, 0.15) is 0 Å². The third-order valence-electron chi connectivity index (χ3n) is 2.04. The summed E-state index contributed by atoms with van der Waals surface area (Å²) in [5.41, 5.74) is 1.28. The molecule has 0 aromatic heterocycles. The van der Waals surface area contributed by atoms with Crippen molar-refractivity contribution < 1.29 is 62.4 Å². The van der Waals surface area contributed by atoms with Crippen molar-refractivity contribution in [2.24, 2.45) is 0 Å². The van der Waals surface area contributed by atoms with Crippen molar-refractivity contribution in [1.29, 1.82) is 0 Å². The van der Waals surface area contributed by atoms with Gasteiger partial charge in [-0.25, -0.2) is 0 Å². The van der Waals surface area contributed by atoms with E-state index in [9.17, 15) is 9.59 Å². The van der Waals surface area contributed by atoms with Crippen molar-refractivity contribution in [2.45, 2.75) is 0 Å². The van der Waals surface area contributed by atoms with Crippen molar-refractivity contribution in [3.63, 3.8) is 0 Å². The van der Waals surface area contributed by atoms with Crippen molar-refractivity contribution in [1.82, 2.24) is 0 Å². The molecule has 0 heterocycles. The molecule has 0 saturated carbocycles. The molecule has 0 aliphatic carbocycles. The van der Waals surface area contributed by atoms with Crippen LogP contribution in [0.15, 0.2) is 60.7 Å². The molecule has 2 aromatic rings. The Morgan fingerprint density at radius 3 is 1.11 bits per heavy atom. The van der Waals surface area contributed by atoms with E-state index in [0.29, 0.717) is 11.1 Å². The summed E-state index contributed by atoms with van der Waals surface area (Å²) in [6, 6.07) is 17.9. The van der Waals surface area contributed by atoms with Gasteiger partial charge in [-0.3, -0.25) is 9.59 Å². The molecule has 2 rings (SSSR count). The second kappa shape index (κ2) is 10.9. The van der Waals surface area contributed by atoms with Gasteiger partial charge in [0.15, 0.2) is 0 Å². The van der Waals surface area contributed by atoms with E-state index in [0.717, 1.165) is 0 Å². The van der Waals surface area contributed by atoms with Crippen LogP contribution in [-0.2, 0) is 0 Å². The first-order valence-corrected chi connectivity index (χ1v) is 6.07. The average molecular weight is 316 g/mol. The fraction of sp³-hybridized carbons (Fsp3) is 0.